The van der Waals surface area contributed by atoms with Crippen molar-refractivity contribution in [3.8, 4) is 0 Å². The Hall–Kier alpha value is 0.525. The third kappa shape index (κ3) is 32.6. The van der Waals surface area contributed by atoms with Crippen LogP contribution >= 0.6 is 7.82 Å². The summed E-state index contributed by atoms with van der Waals surface area (Å²) in [5.74, 6) is 0. The number of benzene rings is 1. The third-order valence-electron chi connectivity index (χ3n) is 0.667. The smallest absolute Gasteiger partial charge is 0.790 e. The maximum atomic E-state index is 8.66. The van der Waals surface area contributed by atoms with Crippen molar-refractivity contribution in [2.75, 3.05) is 0 Å². The molecular formula is C6H7Li2O4P. The average Bonchev–Trinajstić information content (AvgIpc) is 1.88. The van der Waals surface area contributed by atoms with E-state index in [1.54, 1.807) is 0 Å². The Kier molecular flexibility index (Phi) is 15.6. The van der Waals surface area contributed by atoms with E-state index in [2.05, 4.69) is 0 Å². The Balaban J connectivity index is -0.000000136. The van der Waals surface area contributed by atoms with Gasteiger partial charge in [0.2, 0.25) is 0 Å². The first-order chi connectivity index (χ1) is 5.00. The molecule has 1 aromatic rings. The molecule has 1 rings (SSSR count). The van der Waals surface area contributed by atoms with Gasteiger partial charge in [-0.3, -0.25) is 0 Å². The number of phosphoric acid groups is 1. The van der Waals surface area contributed by atoms with E-state index in [1.807, 2.05) is 36.4 Å². The van der Waals surface area contributed by atoms with Gasteiger partial charge in [0.15, 0.2) is 0 Å². The van der Waals surface area contributed by atoms with Crippen LogP contribution in [0.3, 0.4) is 0 Å². The Morgan fingerprint density at radius 2 is 0.923 bits per heavy atom. The molecule has 13 heavy (non-hydrogen) atoms. The van der Waals surface area contributed by atoms with Gasteiger partial charge in [-0.1, -0.05) is 36.4 Å². The van der Waals surface area contributed by atoms with Crippen LogP contribution in [0.2, 0.25) is 0 Å². The van der Waals surface area contributed by atoms with Crippen LogP contribution in [0.1, 0.15) is 0 Å². The van der Waals surface area contributed by atoms with Crippen molar-refractivity contribution in [1.29, 1.82) is 0 Å². The average molecular weight is 188 g/mol. The molecule has 4 nitrogen and oxygen atoms in total. The van der Waals surface area contributed by atoms with Crippen LogP contribution < -0.4 is 47.5 Å². The van der Waals surface area contributed by atoms with Crippen LogP contribution in [0.15, 0.2) is 36.4 Å². The topological polar surface area (TPSA) is 83.4 Å². The van der Waals surface area contributed by atoms with Gasteiger partial charge in [-0.25, -0.2) is 0 Å². The van der Waals surface area contributed by atoms with Crippen molar-refractivity contribution in [3.63, 3.8) is 0 Å². The summed E-state index contributed by atoms with van der Waals surface area (Å²) in [5.41, 5.74) is 0. The molecule has 0 amide bonds. The molecule has 0 aromatic heterocycles. The van der Waals surface area contributed by atoms with Crippen molar-refractivity contribution in [3.05, 3.63) is 36.4 Å². The summed E-state index contributed by atoms with van der Waals surface area (Å²) in [7, 11) is -5.14. The minimum atomic E-state index is -5.14. The predicted molar refractivity (Wildman–Crippen MR) is 36.3 cm³/mol. The van der Waals surface area contributed by atoms with Crippen LogP contribution in [0.4, 0.5) is 0 Å². The Morgan fingerprint density at radius 1 is 0.846 bits per heavy atom. The quantitative estimate of drug-likeness (QED) is 0.324. The van der Waals surface area contributed by atoms with Crippen LogP contribution in [0.5, 0.6) is 0 Å². The van der Waals surface area contributed by atoms with E-state index in [0.717, 1.165) is 0 Å². The molecular weight excluding hydrogens is 181 g/mol. The molecule has 62 valence electrons. The minimum Gasteiger partial charge on any atom is -0.790 e. The second kappa shape index (κ2) is 10.6. The SMILES string of the molecule is O=P([O-])([O-])O.[Li+].[Li+].c1ccccc1. The van der Waals surface area contributed by atoms with E-state index < -0.39 is 7.82 Å². The van der Waals surface area contributed by atoms with Crippen molar-refractivity contribution in [2.45, 2.75) is 0 Å². The van der Waals surface area contributed by atoms with Gasteiger partial charge < -0.3 is 19.2 Å². The van der Waals surface area contributed by atoms with Crippen LogP contribution in [-0.2, 0) is 4.57 Å². The van der Waals surface area contributed by atoms with E-state index in [9.17, 15) is 0 Å². The molecule has 0 saturated heterocycles. The molecule has 0 radical (unpaired) electrons. The van der Waals surface area contributed by atoms with E-state index in [0.29, 0.717) is 0 Å². The standard InChI is InChI=1S/C6H6.2Li.H3O4P/c1-2-4-6-5-3-1;;;1-5(2,3)4/h1-6H;;;(H3,1,2,3,4)/q;2*+1;/p-2. The zero-order valence-corrected chi connectivity index (χ0v) is 8.48. The monoisotopic (exact) mass is 188 g/mol. The fraction of sp³-hybridized carbons (Fsp3) is 0. The van der Waals surface area contributed by atoms with Gasteiger partial charge in [0, 0.05) is 0 Å². The molecule has 0 atom stereocenters. The van der Waals surface area contributed by atoms with E-state index in [1.165, 1.54) is 0 Å². The number of hydrogen-bond acceptors (Lipinski definition) is 3. The zero-order chi connectivity index (χ0) is 8.74. The van der Waals surface area contributed by atoms with Gasteiger partial charge in [0.25, 0.3) is 0 Å². The van der Waals surface area contributed by atoms with Crippen molar-refractivity contribution < 1.29 is 57.0 Å². The first-order valence-corrected chi connectivity index (χ1v) is 4.24. The van der Waals surface area contributed by atoms with Gasteiger partial charge in [-0.05, 0) is 0 Å². The minimum absolute atomic E-state index is 0. The first kappa shape index (κ1) is 19.2. The normalized spacial score (nSPS) is 8.23. The van der Waals surface area contributed by atoms with E-state index in [-0.39, 0.29) is 37.7 Å². The van der Waals surface area contributed by atoms with E-state index in [4.69, 9.17) is 19.2 Å². The molecule has 0 aliphatic rings. The molecule has 0 aliphatic heterocycles. The fourth-order valence-corrected chi connectivity index (χ4v) is 0.385. The summed E-state index contributed by atoms with van der Waals surface area (Å²) in [4.78, 5) is 24.3. The fourth-order valence-electron chi connectivity index (χ4n) is 0.385. The summed E-state index contributed by atoms with van der Waals surface area (Å²) < 4.78 is 8.66. The first-order valence-electron chi connectivity index (χ1n) is 2.75. The Morgan fingerprint density at radius 3 is 1.00 bits per heavy atom. The maximum Gasteiger partial charge on any atom is 1.00 e. The van der Waals surface area contributed by atoms with Crippen molar-refractivity contribution in [2.24, 2.45) is 0 Å². The number of hydrogen-bond donors (Lipinski definition) is 1. The Bertz CT molecular complexity index is 190. The van der Waals surface area contributed by atoms with E-state index >= 15 is 0 Å². The van der Waals surface area contributed by atoms with Gasteiger partial charge in [-0.15, -0.1) is 0 Å². The summed E-state index contributed by atoms with van der Waals surface area (Å²) in [6, 6.07) is 12.0. The molecule has 0 unspecified atom stereocenters. The van der Waals surface area contributed by atoms with Gasteiger partial charge in [-0.2, -0.15) is 0 Å². The molecule has 1 N–H and O–H groups in total. The van der Waals surface area contributed by atoms with Gasteiger partial charge in [0.05, 0.1) is 7.82 Å². The molecule has 7 heteroatoms. The molecule has 0 bridgehead atoms. The summed E-state index contributed by atoms with van der Waals surface area (Å²) in [6.07, 6.45) is 0. The van der Waals surface area contributed by atoms with Gasteiger partial charge >= 0.3 is 37.7 Å². The number of rotatable bonds is 0. The predicted octanol–water partition coefficient (Wildman–Crippen LogP) is -6.50. The van der Waals surface area contributed by atoms with Crippen molar-refractivity contribution >= 4 is 7.82 Å². The molecule has 0 saturated carbocycles. The second-order valence-corrected chi connectivity index (χ2v) is 2.56. The van der Waals surface area contributed by atoms with Gasteiger partial charge in [0.1, 0.15) is 0 Å². The Labute approximate surface area is 101 Å². The largest absolute Gasteiger partial charge is 1.00 e. The van der Waals surface area contributed by atoms with Crippen LogP contribution in [-0.4, -0.2) is 4.89 Å². The zero-order valence-electron chi connectivity index (χ0n) is 7.58. The molecule has 1 aromatic carbocycles. The summed E-state index contributed by atoms with van der Waals surface area (Å²) in [5, 5.41) is 0. The maximum absolute atomic E-state index is 8.66. The van der Waals surface area contributed by atoms with Crippen molar-refractivity contribution in [1.82, 2.24) is 0 Å². The molecule has 0 spiro atoms. The molecule has 0 aliphatic carbocycles. The van der Waals surface area contributed by atoms with Crippen LogP contribution in [0.25, 0.3) is 0 Å². The third-order valence-corrected chi connectivity index (χ3v) is 0.667. The second-order valence-electron chi connectivity index (χ2n) is 1.62. The molecule has 0 heterocycles. The molecule has 0 fully saturated rings. The van der Waals surface area contributed by atoms with Crippen LogP contribution in [0, 0.1) is 0 Å². The summed E-state index contributed by atoms with van der Waals surface area (Å²) >= 11 is 0. The summed E-state index contributed by atoms with van der Waals surface area (Å²) in [6.45, 7) is 0.